The van der Waals surface area contributed by atoms with Gasteiger partial charge in [0, 0.05) is 6.54 Å². The summed E-state index contributed by atoms with van der Waals surface area (Å²) >= 11 is 0. The molecule has 1 aromatic carbocycles. The average Bonchev–Trinajstić information content (AvgIpc) is 2.90. The Hall–Kier alpha value is -2.17. The van der Waals surface area contributed by atoms with Crippen LogP contribution in [0.3, 0.4) is 0 Å². The fraction of sp³-hybridized carbons (Fsp3) is 0.400. The van der Waals surface area contributed by atoms with E-state index in [4.69, 9.17) is 4.74 Å². The van der Waals surface area contributed by atoms with Gasteiger partial charge in [0.25, 0.3) is 0 Å². The largest absolute Gasteiger partial charge is 0.465 e. The maximum atomic E-state index is 12.4. The molecule has 0 aliphatic carbocycles. The van der Waals surface area contributed by atoms with Crippen LogP contribution in [0.2, 0.25) is 0 Å². The standard InChI is InChI=1S/C15H19N3O2/c1-4-18-10-16-17-14(18)13(15(19)20-5-2)12-9-7-6-8-11(12)3/h6-10,13H,4-5H2,1-3H3. The van der Waals surface area contributed by atoms with Gasteiger partial charge < -0.3 is 9.30 Å². The number of aryl methyl sites for hydroxylation is 2. The van der Waals surface area contributed by atoms with Gasteiger partial charge in [-0.2, -0.15) is 0 Å². The minimum atomic E-state index is -0.529. The predicted molar refractivity (Wildman–Crippen MR) is 75.4 cm³/mol. The Morgan fingerprint density at radius 3 is 2.75 bits per heavy atom. The van der Waals surface area contributed by atoms with Gasteiger partial charge >= 0.3 is 5.97 Å². The molecule has 1 atom stereocenters. The van der Waals surface area contributed by atoms with E-state index in [0.717, 1.165) is 11.1 Å². The Morgan fingerprint density at radius 2 is 2.10 bits per heavy atom. The van der Waals surface area contributed by atoms with E-state index in [1.54, 1.807) is 13.3 Å². The summed E-state index contributed by atoms with van der Waals surface area (Å²) in [5.74, 6) is -0.191. The number of nitrogens with zero attached hydrogens (tertiary/aromatic N) is 3. The SMILES string of the molecule is CCOC(=O)C(c1ccccc1C)c1nncn1CC. The molecule has 0 aliphatic rings. The van der Waals surface area contributed by atoms with E-state index in [2.05, 4.69) is 10.2 Å². The Morgan fingerprint density at radius 1 is 1.35 bits per heavy atom. The van der Waals surface area contributed by atoms with E-state index in [9.17, 15) is 4.79 Å². The van der Waals surface area contributed by atoms with Crippen molar-refractivity contribution in [2.75, 3.05) is 6.61 Å². The molecule has 0 fully saturated rings. The molecule has 2 aromatic rings. The smallest absolute Gasteiger partial charge is 0.321 e. The molecule has 0 saturated carbocycles. The molecule has 5 heteroatoms. The van der Waals surface area contributed by atoms with Gasteiger partial charge in [0.15, 0.2) is 5.82 Å². The highest BCUT2D eigenvalue weighted by molar-refractivity contribution is 5.81. The van der Waals surface area contributed by atoms with Gasteiger partial charge in [-0.15, -0.1) is 10.2 Å². The molecule has 20 heavy (non-hydrogen) atoms. The lowest BCUT2D eigenvalue weighted by atomic mass is 9.94. The van der Waals surface area contributed by atoms with Crippen LogP contribution in [-0.2, 0) is 16.1 Å². The minimum Gasteiger partial charge on any atom is -0.465 e. The summed E-state index contributed by atoms with van der Waals surface area (Å²) < 4.78 is 7.09. The Labute approximate surface area is 118 Å². The number of ether oxygens (including phenoxy) is 1. The summed E-state index contributed by atoms with van der Waals surface area (Å²) in [5, 5.41) is 8.04. The van der Waals surface area contributed by atoms with E-state index in [1.807, 2.05) is 42.7 Å². The number of carbonyl (C=O) groups excluding carboxylic acids is 1. The van der Waals surface area contributed by atoms with Gasteiger partial charge in [0.05, 0.1) is 6.61 Å². The van der Waals surface area contributed by atoms with Crippen LogP contribution in [0, 0.1) is 6.92 Å². The van der Waals surface area contributed by atoms with Crippen LogP contribution >= 0.6 is 0 Å². The molecule has 0 aliphatic heterocycles. The molecule has 0 radical (unpaired) electrons. The van der Waals surface area contributed by atoms with Crippen molar-refractivity contribution >= 4 is 5.97 Å². The number of hydrogen-bond donors (Lipinski definition) is 0. The van der Waals surface area contributed by atoms with E-state index in [0.29, 0.717) is 19.0 Å². The molecule has 1 heterocycles. The molecule has 106 valence electrons. The number of aromatic nitrogens is 3. The Balaban J connectivity index is 2.51. The van der Waals surface area contributed by atoms with Crippen molar-refractivity contribution in [2.45, 2.75) is 33.2 Å². The Bertz CT molecular complexity index is 592. The number of hydrogen-bond acceptors (Lipinski definition) is 4. The lowest BCUT2D eigenvalue weighted by Gasteiger charge is -2.17. The van der Waals surface area contributed by atoms with Gasteiger partial charge in [-0.1, -0.05) is 24.3 Å². The van der Waals surface area contributed by atoms with Crippen LogP contribution in [0.15, 0.2) is 30.6 Å². The molecule has 0 spiro atoms. The molecule has 1 unspecified atom stereocenters. The third-order valence-corrected chi connectivity index (χ3v) is 3.27. The molecular formula is C15H19N3O2. The normalized spacial score (nSPS) is 12.2. The summed E-state index contributed by atoms with van der Waals surface area (Å²) in [6.07, 6.45) is 1.64. The second-order valence-corrected chi connectivity index (χ2v) is 4.52. The molecule has 0 bridgehead atoms. The van der Waals surface area contributed by atoms with Gasteiger partial charge in [0.2, 0.25) is 0 Å². The monoisotopic (exact) mass is 273 g/mol. The molecule has 5 nitrogen and oxygen atoms in total. The van der Waals surface area contributed by atoms with E-state index < -0.39 is 5.92 Å². The van der Waals surface area contributed by atoms with Gasteiger partial charge in [-0.3, -0.25) is 4.79 Å². The summed E-state index contributed by atoms with van der Waals surface area (Å²) in [6.45, 7) is 6.84. The summed E-state index contributed by atoms with van der Waals surface area (Å²) in [6, 6.07) is 7.78. The highest BCUT2D eigenvalue weighted by Gasteiger charge is 2.29. The number of carbonyl (C=O) groups is 1. The third kappa shape index (κ3) is 2.71. The highest BCUT2D eigenvalue weighted by Crippen LogP contribution is 2.27. The third-order valence-electron chi connectivity index (χ3n) is 3.27. The van der Waals surface area contributed by atoms with Gasteiger partial charge in [0.1, 0.15) is 12.2 Å². The van der Waals surface area contributed by atoms with Crippen molar-refractivity contribution in [3.8, 4) is 0 Å². The summed E-state index contributed by atoms with van der Waals surface area (Å²) in [7, 11) is 0. The molecule has 0 amide bonds. The fourth-order valence-corrected chi connectivity index (χ4v) is 2.24. The predicted octanol–water partition coefficient (Wildman–Crippen LogP) is 2.30. The van der Waals surface area contributed by atoms with Crippen LogP contribution in [-0.4, -0.2) is 27.3 Å². The van der Waals surface area contributed by atoms with Crippen LogP contribution in [0.5, 0.6) is 0 Å². The zero-order valence-corrected chi connectivity index (χ0v) is 12.0. The zero-order valence-electron chi connectivity index (χ0n) is 12.0. The average molecular weight is 273 g/mol. The van der Waals surface area contributed by atoms with Gasteiger partial charge in [-0.05, 0) is 31.9 Å². The molecule has 0 saturated heterocycles. The quantitative estimate of drug-likeness (QED) is 0.784. The topological polar surface area (TPSA) is 57.0 Å². The first kappa shape index (κ1) is 14.2. The first-order valence-electron chi connectivity index (χ1n) is 6.78. The van der Waals surface area contributed by atoms with Crippen LogP contribution in [0.4, 0.5) is 0 Å². The van der Waals surface area contributed by atoms with Crippen molar-refractivity contribution in [1.82, 2.24) is 14.8 Å². The number of esters is 1. The number of benzene rings is 1. The molecule has 2 rings (SSSR count). The van der Waals surface area contributed by atoms with Crippen molar-refractivity contribution < 1.29 is 9.53 Å². The lowest BCUT2D eigenvalue weighted by molar-refractivity contribution is -0.144. The van der Waals surface area contributed by atoms with Crippen LogP contribution in [0.1, 0.15) is 36.7 Å². The number of rotatable bonds is 5. The van der Waals surface area contributed by atoms with E-state index in [1.165, 1.54) is 0 Å². The first-order chi connectivity index (χ1) is 9.69. The lowest BCUT2D eigenvalue weighted by Crippen LogP contribution is -2.22. The molecular weight excluding hydrogens is 254 g/mol. The van der Waals surface area contributed by atoms with E-state index in [-0.39, 0.29) is 5.97 Å². The summed E-state index contributed by atoms with van der Waals surface area (Å²) in [5.41, 5.74) is 1.95. The summed E-state index contributed by atoms with van der Waals surface area (Å²) in [4.78, 5) is 12.4. The van der Waals surface area contributed by atoms with Crippen molar-refractivity contribution in [3.63, 3.8) is 0 Å². The maximum absolute atomic E-state index is 12.4. The maximum Gasteiger partial charge on any atom is 0.321 e. The first-order valence-corrected chi connectivity index (χ1v) is 6.78. The zero-order chi connectivity index (χ0) is 14.5. The van der Waals surface area contributed by atoms with E-state index >= 15 is 0 Å². The van der Waals surface area contributed by atoms with Crippen LogP contribution in [0.25, 0.3) is 0 Å². The molecule has 1 aromatic heterocycles. The Kier molecular flexibility index (Phi) is 4.50. The van der Waals surface area contributed by atoms with Gasteiger partial charge in [-0.25, -0.2) is 0 Å². The second kappa shape index (κ2) is 6.32. The minimum absolute atomic E-state index is 0.287. The van der Waals surface area contributed by atoms with Crippen LogP contribution < -0.4 is 0 Å². The van der Waals surface area contributed by atoms with Crippen molar-refractivity contribution in [1.29, 1.82) is 0 Å². The van der Waals surface area contributed by atoms with Crippen molar-refractivity contribution in [2.24, 2.45) is 0 Å². The van der Waals surface area contributed by atoms with Crippen molar-refractivity contribution in [3.05, 3.63) is 47.5 Å². The second-order valence-electron chi connectivity index (χ2n) is 4.52. The fourth-order valence-electron chi connectivity index (χ4n) is 2.24. The molecule has 0 N–H and O–H groups in total. The highest BCUT2D eigenvalue weighted by atomic mass is 16.5.